The number of ketones is 1. The van der Waals surface area contributed by atoms with Gasteiger partial charge in [-0.3, -0.25) is 14.9 Å². The average molecular weight is 421 g/mol. The Balaban J connectivity index is 0.00000300. The molecular formula is C19H13NNaO7P. The van der Waals surface area contributed by atoms with Gasteiger partial charge >= 0.3 is 37.4 Å². The first kappa shape index (κ1) is 22.8. The number of rotatable bonds is 7. The van der Waals surface area contributed by atoms with Crippen molar-refractivity contribution in [2.45, 2.75) is 0 Å². The van der Waals surface area contributed by atoms with Gasteiger partial charge in [0.05, 0.1) is 4.92 Å². The van der Waals surface area contributed by atoms with E-state index in [2.05, 4.69) is 0 Å². The van der Waals surface area contributed by atoms with Gasteiger partial charge in [-0.1, -0.05) is 18.2 Å². The summed E-state index contributed by atoms with van der Waals surface area (Å²) in [6.07, 6.45) is 0. The van der Waals surface area contributed by atoms with E-state index in [1.165, 1.54) is 60.7 Å². The van der Waals surface area contributed by atoms with Crippen LogP contribution in [0.25, 0.3) is 0 Å². The largest absolute Gasteiger partial charge is 1.00 e. The summed E-state index contributed by atoms with van der Waals surface area (Å²) in [6.45, 7) is 0. The summed E-state index contributed by atoms with van der Waals surface area (Å²) in [7, 11) is -4.65. The van der Waals surface area contributed by atoms with E-state index in [9.17, 15) is 24.4 Å². The molecule has 0 bridgehead atoms. The van der Waals surface area contributed by atoms with Crippen LogP contribution in [0.15, 0.2) is 78.9 Å². The number of phosphoric ester groups is 1. The normalized spacial score (nSPS) is 12.2. The molecule has 0 saturated heterocycles. The predicted octanol–water partition coefficient (Wildman–Crippen LogP) is 0.756. The first-order valence-corrected chi connectivity index (χ1v) is 9.45. The number of phosphoric acid groups is 1. The van der Waals surface area contributed by atoms with Crippen molar-refractivity contribution in [3.05, 3.63) is 100 Å². The van der Waals surface area contributed by atoms with Crippen LogP contribution in [0.3, 0.4) is 0 Å². The quantitative estimate of drug-likeness (QED) is 0.182. The van der Waals surface area contributed by atoms with Crippen molar-refractivity contribution in [2.75, 3.05) is 0 Å². The van der Waals surface area contributed by atoms with E-state index in [0.717, 1.165) is 0 Å². The summed E-state index contributed by atoms with van der Waals surface area (Å²) >= 11 is 0. The summed E-state index contributed by atoms with van der Waals surface area (Å²) in [5.74, 6) is -0.271. The van der Waals surface area contributed by atoms with Crippen LogP contribution in [0, 0.1) is 10.1 Å². The van der Waals surface area contributed by atoms with Gasteiger partial charge in [0.15, 0.2) is 5.78 Å². The molecule has 3 aromatic rings. The van der Waals surface area contributed by atoms with Crippen molar-refractivity contribution < 1.29 is 57.8 Å². The minimum atomic E-state index is -4.65. The molecule has 0 N–H and O–H groups in total. The van der Waals surface area contributed by atoms with Crippen LogP contribution in [-0.2, 0) is 4.57 Å². The minimum absolute atomic E-state index is 0. The van der Waals surface area contributed by atoms with E-state index in [0.29, 0.717) is 0 Å². The maximum Gasteiger partial charge on any atom is 1.00 e. The molecule has 0 aromatic heterocycles. The molecule has 1 unspecified atom stereocenters. The fourth-order valence-electron chi connectivity index (χ4n) is 2.33. The van der Waals surface area contributed by atoms with Crippen LogP contribution in [-0.4, -0.2) is 10.7 Å². The minimum Gasteiger partial charge on any atom is -0.736 e. The molecule has 0 radical (unpaired) electrons. The molecular weight excluding hydrogens is 408 g/mol. The van der Waals surface area contributed by atoms with E-state index in [4.69, 9.17) is 9.05 Å². The Kier molecular flexibility index (Phi) is 7.73. The van der Waals surface area contributed by atoms with E-state index in [1.807, 2.05) is 0 Å². The summed E-state index contributed by atoms with van der Waals surface area (Å²) < 4.78 is 21.7. The summed E-state index contributed by atoms with van der Waals surface area (Å²) in [6, 6.07) is 18.5. The number of nitro groups is 1. The van der Waals surface area contributed by atoms with E-state index in [-0.39, 0.29) is 63.7 Å². The zero-order valence-electron chi connectivity index (χ0n) is 15.3. The van der Waals surface area contributed by atoms with Gasteiger partial charge in [0, 0.05) is 23.3 Å². The molecule has 0 aliphatic carbocycles. The smallest absolute Gasteiger partial charge is 0.736 e. The van der Waals surface area contributed by atoms with Crippen molar-refractivity contribution in [1.82, 2.24) is 0 Å². The zero-order chi connectivity index (χ0) is 20.1. The number of hydrogen-bond donors (Lipinski definition) is 0. The van der Waals surface area contributed by atoms with Gasteiger partial charge < -0.3 is 13.9 Å². The topological polar surface area (TPSA) is 119 Å². The first-order valence-electron chi connectivity index (χ1n) is 7.98. The van der Waals surface area contributed by atoms with Crippen LogP contribution in [0.5, 0.6) is 11.5 Å². The van der Waals surface area contributed by atoms with Crippen molar-refractivity contribution >= 4 is 19.3 Å². The monoisotopic (exact) mass is 421 g/mol. The van der Waals surface area contributed by atoms with Gasteiger partial charge in [-0.15, -0.1) is 0 Å². The molecule has 10 heteroatoms. The fraction of sp³-hybridized carbons (Fsp3) is 0. The molecule has 1 atom stereocenters. The van der Waals surface area contributed by atoms with Crippen LogP contribution >= 0.6 is 7.82 Å². The molecule has 0 aliphatic heterocycles. The Morgan fingerprint density at radius 1 is 0.793 bits per heavy atom. The van der Waals surface area contributed by atoms with Gasteiger partial charge in [0.25, 0.3) is 5.69 Å². The molecule has 8 nitrogen and oxygen atoms in total. The number of nitro benzene ring substituents is 1. The molecule has 0 heterocycles. The van der Waals surface area contributed by atoms with Crippen LogP contribution in [0.4, 0.5) is 5.69 Å². The maximum absolute atomic E-state index is 12.4. The van der Waals surface area contributed by atoms with Crippen molar-refractivity contribution in [2.24, 2.45) is 0 Å². The number of hydrogen-bond acceptors (Lipinski definition) is 7. The molecule has 0 saturated carbocycles. The summed E-state index contributed by atoms with van der Waals surface area (Å²) in [5.41, 5.74) is 0.414. The molecule has 3 aromatic carbocycles. The van der Waals surface area contributed by atoms with Crippen LogP contribution in [0.2, 0.25) is 0 Å². The van der Waals surface area contributed by atoms with Gasteiger partial charge in [0.1, 0.15) is 11.5 Å². The van der Waals surface area contributed by atoms with Gasteiger partial charge in [-0.25, -0.2) is 4.57 Å². The Morgan fingerprint density at radius 2 is 1.24 bits per heavy atom. The molecule has 0 spiro atoms. The number of non-ortho nitro benzene ring substituents is 1. The second-order valence-electron chi connectivity index (χ2n) is 5.60. The number of carbonyl (C=O) groups excluding carboxylic acids is 1. The number of carbonyl (C=O) groups is 1. The molecule has 29 heavy (non-hydrogen) atoms. The molecule has 142 valence electrons. The average Bonchev–Trinajstić information content (AvgIpc) is 2.68. The third-order valence-electron chi connectivity index (χ3n) is 3.63. The van der Waals surface area contributed by atoms with Crippen LogP contribution in [0.1, 0.15) is 15.9 Å². The number of nitrogens with zero attached hydrogens (tertiary/aromatic N) is 1. The van der Waals surface area contributed by atoms with Gasteiger partial charge in [-0.2, -0.15) is 0 Å². The number of benzene rings is 3. The standard InChI is InChI=1S/C19H14NO7P.Na/c21-19(14-6-10-16(11-7-14)20(22)23)15-8-12-18(13-9-15)27-28(24,25)26-17-4-2-1-3-5-17;/h1-13H,(H,24,25);/q;+1/p-1. The molecule has 3 rings (SSSR count). The Hall–Kier alpha value is -2.48. The van der Waals surface area contributed by atoms with Gasteiger partial charge in [0.2, 0.25) is 0 Å². The molecule has 0 fully saturated rings. The van der Waals surface area contributed by atoms with E-state index >= 15 is 0 Å². The van der Waals surface area contributed by atoms with Crippen molar-refractivity contribution in [3.63, 3.8) is 0 Å². The molecule has 0 aliphatic rings. The maximum atomic E-state index is 12.4. The van der Waals surface area contributed by atoms with Gasteiger partial charge in [-0.05, 0) is 48.5 Å². The van der Waals surface area contributed by atoms with Crippen LogP contribution < -0.4 is 43.5 Å². The second-order valence-corrected chi connectivity index (χ2v) is 6.86. The number of para-hydroxylation sites is 1. The third kappa shape index (κ3) is 6.25. The summed E-state index contributed by atoms with van der Waals surface area (Å²) in [5, 5.41) is 10.7. The Morgan fingerprint density at radius 3 is 1.72 bits per heavy atom. The Labute approximate surface area is 188 Å². The predicted molar refractivity (Wildman–Crippen MR) is 98.3 cm³/mol. The summed E-state index contributed by atoms with van der Waals surface area (Å²) in [4.78, 5) is 34.5. The van der Waals surface area contributed by atoms with Crippen molar-refractivity contribution in [1.29, 1.82) is 0 Å². The van der Waals surface area contributed by atoms with E-state index in [1.54, 1.807) is 18.2 Å². The Bertz CT molecular complexity index is 1040. The SMILES string of the molecule is O=C(c1ccc(OP(=O)([O-])Oc2ccccc2)cc1)c1ccc([N+](=O)[O-])cc1.[Na+]. The van der Waals surface area contributed by atoms with E-state index < -0.39 is 12.7 Å². The van der Waals surface area contributed by atoms with Crippen molar-refractivity contribution in [3.8, 4) is 11.5 Å². The zero-order valence-corrected chi connectivity index (χ0v) is 18.2. The second kappa shape index (κ2) is 9.82. The fourth-order valence-corrected chi connectivity index (χ4v) is 3.12. The third-order valence-corrected chi connectivity index (χ3v) is 4.50. The molecule has 0 amide bonds. The first-order chi connectivity index (χ1) is 13.3.